The maximum atomic E-state index is 12.5. The van der Waals surface area contributed by atoms with Crippen molar-refractivity contribution in [2.24, 2.45) is 0 Å². The minimum atomic E-state index is -0.231. The maximum absolute atomic E-state index is 12.5. The number of anilines is 1. The fraction of sp³-hybridized carbons (Fsp3) is 0.158. The Kier molecular flexibility index (Phi) is 4.41. The minimum Gasteiger partial charge on any atom is -0.322 e. The SMILES string of the molecule is Cc1ccc(C(=O)Nc2ccc(-c3nn4c(C)nnc4s3)cc2C)c(Cl)c1. The molecule has 0 aliphatic carbocycles. The Morgan fingerprint density at radius 2 is 1.93 bits per heavy atom. The summed E-state index contributed by atoms with van der Waals surface area (Å²) in [6.45, 7) is 5.74. The van der Waals surface area contributed by atoms with Crippen molar-refractivity contribution in [2.75, 3.05) is 5.32 Å². The summed E-state index contributed by atoms with van der Waals surface area (Å²) in [4.78, 5) is 13.3. The number of carbonyl (C=O) groups excluding carboxylic acids is 1. The molecule has 2 aromatic heterocycles. The second-order valence-corrected chi connectivity index (χ2v) is 7.68. The Morgan fingerprint density at radius 1 is 1.11 bits per heavy atom. The molecule has 0 aliphatic rings. The first-order valence-corrected chi connectivity index (χ1v) is 9.49. The average Bonchev–Trinajstić information content (AvgIpc) is 3.19. The maximum Gasteiger partial charge on any atom is 0.257 e. The zero-order chi connectivity index (χ0) is 19.1. The number of halogens is 1. The molecule has 0 saturated carbocycles. The number of aromatic nitrogens is 4. The van der Waals surface area contributed by atoms with E-state index in [0.29, 0.717) is 10.6 Å². The molecule has 1 amide bonds. The van der Waals surface area contributed by atoms with Crippen LogP contribution in [0, 0.1) is 20.8 Å². The largest absolute Gasteiger partial charge is 0.322 e. The van der Waals surface area contributed by atoms with E-state index in [-0.39, 0.29) is 5.91 Å². The lowest BCUT2D eigenvalue weighted by molar-refractivity contribution is 0.102. The van der Waals surface area contributed by atoms with Crippen molar-refractivity contribution in [3.63, 3.8) is 0 Å². The van der Waals surface area contributed by atoms with Crippen molar-refractivity contribution in [1.82, 2.24) is 19.8 Å². The first kappa shape index (κ1) is 17.6. The molecule has 0 unspecified atom stereocenters. The summed E-state index contributed by atoms with van der Waals surface area (Å²) < 4.78 is 1.73. The molecule has 2 heterocycles. The van der Waals surface area contributed by atoms with Gasteiger partial charge in [-0.25, -0.2) is 0 Å². The average molecular weight is 398 g/mol. The van der Waals surface area contributed by atoms with Crippen molar-refractivity contribution < 1.29 is 4.79 Å². The lowest BCUT2D eigenvalue weighted by atomic mass is 10.1. The Labute approximate surface area is 164 Å². The number of hydrogen-bond acceptors (Lipinski definition) is 5. The topological polar surface area (TPSA) is 72.2 Å². The van der Waals surface area contributed by atoms with Gasteiger partial charge in [0, 0.05) is 11.3 Å². The van der Waals surface area contributed by atoms with Crippen molar-refractivity contribution in [3.8, 4) is 10.6 Å². The molecule has 0 spiro atoms. The molecule has 0 atom stereocenters. The number of nitrogens with one attached hydrogen (secondary N) is 1. The van der Waals surface area contributed by atoms with Gasteiger partial charge in [-0.05, 0) is 62.2 Å². The molecule has 6 nitrogen and oxygen atoms in total. The smallest absolute Gasteiger partial charge is 0.257 e. The van der Waals surface area contributed by atoms with Crippen LogP contribution in [0.1, 0.15) is 27.3 Å². The van der Waals surface area contributed by atoms with Gasteiger partial charge < -0.3 is 5.32 Å². The normalized spacial score (nSPS) is 11.1. The van der Waals surface area contributed by atoms with E-state index in [9.17, 15) is 4.79 Å². The number of aryl methyl sites for hydroxylation is 3. The summed E-state index contributed by atoms with van der Waals surface area (Å²) in [7, 11) is 0. The molecule has 0 fully saturated rings. The molecule has 0 radical (unpaired) electrons. The predicted octanol–water partition coefficient (Wildman–Crippen LogP) is 4.68. The van der Waals surface area contributed by atoms with Gasteiger partial charge in [-0.2, -0.15) is 9.61 Å². The number of carbonyl (C=O) groups is 1. The van der Waals surface area contributed by atoms with Crippen LogP contribution in [-0.2, 0) is 0 Å². The molecular weight excluding hydrogens is 382 g/mol. The van der Waals surface area contributed by atoms with E-state index in [1.807, 2.05) is 45.0 Å². The molecule has 27 heavy (non-hydrogen) atoms. The minimum absolute atomic E-state index is 0.231. The van der Waals surface area contributed by atoms with Crippen LogP contribution in [0.3, 0.4) is 0 Å². The van der Waals surface area contributed by atoms with Gasteiger partial charge in [0.15, 0.2) is 5.82 Å². The first-order chi connectivity index (χ1) is 12.9. The van der Waals surface area contributed by atoms with Crippen molar-refractivity contribution >= 4 is 39.5 Å². The quantitative estimate of drug-likeness (QED) is 0.544. The van der Waals surface area contributed by atoms with Gasteiger partial charge in [0.05, 0.1) is 10.6 Å². The van der Waals surface area contributed by atoms with Crippen molar-refractivity contribution in [2.45, 2.75) is 20.8 Å². The standard InChI is InChI=1S/C19H16ClN5OS/c1-10-4-6-14(15(20)8-10)17(26)21-16-7-5-13(9-11(16)2)18-24-25-12(3)22-23-19(25)27-18/h4-9H,1-3H3,(H,21,26). The van der Waals surface area contributed by atoms with Crippen LogP contribution in [0.5, 0.6) is 0 Å². The Morgan fingerprint density at radius 3 is 2.63 bits per heavy atom. The fourth-order valence-corrected chi connectivity index (χ4v) is 3.96. The van der Waals surface area contributed by atoms with Crippen LogP contribution in [0.15, 0.2) is 36.4 Å². The first-order valence-electron chi connectivity index (χ1n) is 8.30. The molecule has 4 rings (SSSR count). The monoisotopic (exact) mass is 397 g/mol. The predicted molar refractivity (Wildman–Crippen MR) is 108 cm³/mol. The summed E-state index contributed by atoms with van der Waals surface area (Å²) in [6, 6.07) is 11.2. The van der Waals surface area contributed by atoms with E-state index in [1.54, 1.807) is 16.6 Å². The van der Waals surface area contributed by atoms with Crippen LogP contribution >= 0.6 is 22.9 Å². The Balaban J connectivity index is 1.60. The summed E-state index contributed by atoms with van der Waals surface area (Å²) in [5.41, 5.74) is 4.10. The molecular formula is C19H16ClN5OS. The highest BCUT2D eigenvalue weighted by Gasteiger charge is 2.14. The van der Waals surface area contributed by atoms with E-state index < -0.39 is 0 Å². The van der Waals surface area contributed by atoms with E-state index in [2.05, 4.69) is 20.6 Å². The molecule has 0 bridgehead atoms. The van der Waals surface area contributed by atoms with Gasteiger partial charge >= 0.3 is 0 Å². The fourth-order valence-electron chi connectivity index (χ4n) is 2.76. The van der Waals surface area contributed by atoms with Crippen molar-refractivity contribution in [3.05, 3.63) is 63.9 Å². The Bertz CT molecular complexity index is 1180. The molecule has 0 aliphatic heterocycles. The third-order valence-electron chi connectivity index (χ3n) is 4.24. The van der Waals surface area contributed by atoms with E-state index in [4.69, 9.17) is 11.6 Å². The highest BCUT2D eigenvalue weighted by atomic mass is 35.5. The number of nitrogens with zero attached hydrogens (tertiary/aromatic N) is 4. The highest BCUT2D eigenvalue weighted by molar-refractivity contribution is 7.19. The number of fused-ring (bicyclic) bond motifs is 1. The van der Waals surface area contributed by atoms with Gasteiger partial charge in [-0.3, -0.25) is 4.79 Å². The van der Waals surface area contributed by atoms with Gasteiger partial charge in [-0.1, -0.05) is 29.0 Å². The number of benzene rings is 2. The van der Waals surface area contributed by atoms with E-state index in [1.165, 1.54) is 11.3 Å². The second kappa shape index (κ2) is 6.75. The number of rotatable bonds is 3. The lowest BCUT2D eigenvalue weighted by Gasteiger charge is -2.11. The molecule has 0 saturated heterocycles. The summed E-state index contributed by atoms with van der Waals surface area (Å²) in [5.74, 6) is 0.522. The van der Waals surface area contributed by atoms with Crippen LogP contribution in [-0.4, -0.2) is 25.7 Å². The lowest BCUT2D eigenvalue weighted by Crippen LogP contribution is -2.13. The third kappa shape index (κ3) is 3.31. The highest BCUT2D eigenvalue weighted by Crippen LogP contribution is 2.29. The third-order valence-corrected chi connectivity index (χ3v) is 5.50. The van der Waals surface area contributed by atoms with E-state index >= 15 is 0 Å². The van der Waals surface area contributed by atoms with Gasteiger partial charge in [-0.15, -0.1) is 10.2 Å². The molecule has 136 valence electrons. The van der Waals surface area contributed by atoms with Crippen LogP contribution in [0.4, 0.5) is 5.69 Å². The van der Waals surface area contributed by atoms with Crippen LogP contribution in [0.25, 0.3) is 15.5 Å². The second-order valence-electron chi connectivity index (χ2n) is 6.32. The Hall–Kier alpha value is -2.77. The summed E-state index contributed by atoms with van der Waals surface area (Å²) >= 11 is 7.67. The van der Waals surface area contributed by atoms with Gasteiger partial charge in [0.1, 0.15) is 5.01 Å². The molecule has 1 N–H and O–H groups in total. The van der Waals surface area contributed by atoms with E-state index in [0.717, 1.165) is 38.2 Å². The molecule has 8 heteroatoms. The van der Waals surface area contributed by atoms with Crippen LogP contribution < -0.4 is 5.32 Å². The zero-order valence-corrected chi connectivity index (χ0v) is 16.5. The zero-order valence-electron chi connectivity index (χ0n) is 14.9. The molecule has 4 aromatic rings. The van der Waals surface area contributed by atoms with Gasteiger partial charge in [0.25, 0.3) is 5.91 Å². The van der Waals surface area contributed by atoms with Gasteiger partial charge in [0.2, 0.25) is 4.96 Å². The number of hydrogen-bond donors (Lipinski definition) is 1. The summed E-state index contributed by atoms with van der Waals surface area (Å²) in [6.07, 6.45) is 0. The number of amides is 1. The summed E-state index contributed by atoms with van der Waals surface area (Å²) in [5, 5.41) is 16.9. The van der Waals surface area contributed by atoms with Crippen molar-refractivity contribution in [1.29, 1.82) is 0 Å². The molecule has 2 aromatic carbocycles. The van der Waals surface area contributed by atoms with Crippen LogP contribution in [0.2, 0.25) is 5.02 Å².